The molecule has 0 spiro atoms. The highest BCUT2D eigenvalue weighted by Crippen LogP contribution is 2.29. The second kappa shape index (κ2) is 5.24. The first kappa shape index (κ1) is 14.5. The van der Waals surface area contributed by atoms with Crippen LogP contribution < -0.4 is 0 Å². The molecule has 0 N–H and O–H groups in total. The van der Waals surface area contributed by atoms with Crippen molar-refractivity contribution in [1.29, 1.82) is 0 Å². The smallest absolute Gasteiger partial charge is 0.338 e. The lowest BCUT2D eigenvalue weighted by Crippen LogP contribution is -2.27. The summed E-state index contributed by atoms with van der Waals surface area (Å²) in [6.07, 6.45) is -4.95. The van der Waals surface area contributed by atoms with Crippen LogP contribution >= 0.6 is 11.6 Å². The van der Waals surface area contributed by atoms with E-state index in [0.29, 0.717) is 10.6 Å². The molecule has 2 rings (SSSR count). The summed E-state index contributed by atoms with van der Waals surface area (Å²) in [5.41, 5.74) is 0.413. The molecule has 4 nitrogen and oxygen atoms in total. The van der Waals surface area contributed by atoms with Crippen LogP contribution in [0.15, 0.2) is 28.8 Å². The molecule has 0 aliphatic carbocycles. The predicted molar refractivity (Wildman–Crippen MR) is 64.2 cm³/mol. The van der Waals surface area contributed by atoms with Crippen molar-refractivity contribution in [1.82, 2.24) is 10.1 Å². The van der Waals surface area contributed by atoms with Crippen LogP contribution in [0.25, 0.3) is 11.4 Å². The van der Waals surface area contributed by atoms with Gasteiger partial charge in [-0.05, 0) is 19.1 Å². The molecule has 1 heterocycles. The Balaban J connectivity index is 2.30. The zero-order valence-corrected chi connectivity index (χ0v) is 10.9. The lowest BCUT2D eigenvalue weighted by Gasteiger charge is -2.08. The second-order valence-electron chi connectivity index (χ2n) is 4.02. The fourth-order valence-corrected chi connectivity index (χ4v) is 1.74. The molecule has 106 valence electrons. The van der Waals surface area contributed by atoms with Crippen LogP contribution in [-0.2, 0) is 4.79 Å². The van der Waals surface area contributed by atoms with E-state index in [2.05, 4.69) is 10.1 Å². The lowest BCUT2D eigenvalue weighted by molar-refractivity contribution is -0.172. The van der Waals surface area contributed by atoms with E-state index >= 15 is 0 Å². The molecule has 2 aromatic rings. The lowest BCUT2D eigenvalue weighted by atomic mass is 10.1. The molecule has 1 aromatic heterocycles. The maximum atomic E-state index is 12.3. The van der Waals surface area contributed by atoms with E-state index in [-0.39, 0.29) is 5.82 Å². The summed E-state index contributed by atoms with van der Waals surface area (Å²) in [5.74, 6) is -3.86. The number of halogens is 4. The van der Waals surface area contributed by atoms with Crippen molar-refractivity contribution in [3.05, 3.63) is 35.2 Å². The first-order valence-electron chi connectivity index (χ1n) is 5.50. The van der Waals surface area contributed by atoms with E-state index in [1.165, 1.54) is 0 Å². The number of carbonyl (C=O) groups excluding carboxylic acids is 1. The molecule has 0 aliphatic heterocycles. The maximum absolute atomic E-state index is 12.3. The van der Waals surface area contributed by atoms with Crippen molar-refractivity contribution in [3.63, 3.8) is 0 Å². The molecule has 1 atom stereocenters. The van der Waals surface area contributed by atoms with Crippen molar-refractivity contribution in [2.75, 3.05) is 0 Å². The van der Waals surface area contributed by atoms with Gasteiger partial charge in [-0.2, -0.15) is 18.2 Å². The Labute approximate surface area is 116 Å². The number of carbonyl (C=O) groups is 1. The monoisotopic (exact) mass is 304 g/mol. The molecule has 0 bridgehead atoms. The molecular formula is C12H8ClF3N2O2. The predicted octanol–water partition coefficient (Wildman–Crippen LogP) is 3.62. The highest BCUT2D eigenvalue weighted by atomic mass is 35.5. The number of Topliss-reactive ketones (excluding diaryl/α,β-unsaturated/α-hetero) is 1. The minimum atomic E-state index is -4.95. The average molecular weight is 305 g/mol. The Morgan fingerprint density at radius 2 is 2.00 bits per heavy atom. The summed E-state index contributed by atoms with van der Waals surface area (Å²) >= 11 is 5.91. The standard InChI is InChI=1S/C12H8ClF3N2O2/c1-6(9(19)12(14,15)16)11-17-10(18-20-11)7-4-2-3-5-8(7)13/h2-6H,1H3. The molecule has 0 aliphatic rings. The summed E-state index contributed by atoms with van der Waals surface area (Å²) < 4.78 is 41.7. The summed E-state index contributed by atoms with van der Waals surface area (Å²) in [6.45, 7) is 1.06. The van der Waals surface area contributed by atoms with Crippen LogP contribution in [0.5, 0.6) is 0 Å². The van der Waals surface area contributed by atoms with Gasteiger partial charge < -0.3 is 4.52 Å². The summed E-state index contributed by atoms with van der Waals surface area (Å²) in [7, 11) is 0. The summed E-state index contributed by atoms with van der Waals surface area (Å²) in [6, 6.07) is 6.52. The summed E-state index contributed by atoms with van der Waals surface area (Å²) in [5, 5.41) is 3.87. The molecule has 1 unspecified atom stereocenters. The van der Waals surface area contributed by atoms with Gasteiger partial charge in [0.2, 0.25) is 17.5 Å². The number of alkyl halides is 3. The van der Waals surface area contributed by atoms with Gasteiger partial charge in [-0.1, -0.05) is 28.9 Å². The first-order chi connectivity index (χ1) is 9.30. The molecule has 8 heteroatoms. The third-order valence-electron chi connectivity index (χ3n) is 2.60. The average Bonchev–Trinajstić information content (AvgIpc) is 2.86. The van der Waals surface area contributed by atoms with Crippen LogP contribution in [0.3, 0.4) is 0 Å². The Hall–Kier alpha value is -1.89. The van der Waals surface area contributed by atoms with Gasteiger partial charge in [0.25, 0.3) is 0 Å². The third-order valence-corrected chi connectivity index (χ3v) is 2.93. The van der Waals surface area contributed by atoms with Crippen molar-refractivity contribution in [2.45, 2.75) is 19.0 Å². The molecule has 0 radical (unpaired) electrons. The number of hydrogen-bond acceptors (Lipinski definition) is 4. The van der Waals surface area contributed by atoms with E-state index in [4.69, 9.17) is 16.1 Å². The van der Waals surface area contributed by atoms with Gasteiger partial charge in [0, 0.05) is 5.56 Å². The Kier molecular flexibility index (Phi) is 3.80. The molecule has 1 aromatic carbocycles. The molecule has 0 saturated heterocycles. The van der Waals surface area contributed by atoms with E-state index in [0.717, 1.165) is 6.92 Å². The molecule has 20 heavy (non-hydrogen) atoms. The number of hydrogen-bond donors (Lipinski definition) is 0. The van der Waals surface area contributed by atoms with Gasteiger partial charge in [0.05, 0.1) is 5.02 Å². The highest BCUT2D eigenvalue weighted by molar-refractivity contribution is 6.33. The van der Waals surface area contributed by atoms with Crippen LogP contribution in [0.1, 0.15) is 18.7 Å². The number of nitrogens with zero attached hydrogens (tertiary/aromatic N) is 2. The van der Waals surface area contributed by atoms with E-state index < -0.39 is 23.8 Å². The van der Waals surface area contributed by atoms with Crippen molar-refractivity contribution < 1.29 is 22.5 Å². The van der Waals surface area contributed by atoms with Gasteiger partial charge in [-0.15, -0.1) is 0 Å². The van der Waals surface area contributed by atoms with E-state index in [1.54, 1.807) is 24.3 Å². The Morgan fingerprint density at radius 3 is 2.60 bits per heavy atom. The maximum Gasteiger partial charge on any atom is 0.450 e. The van der Waals surface area contributed by atoms with Crippen LogP contribution in [0, 0.1) is 0 Å². The first-order valence-corrected chi connectivity index (χ1v) is 5.88. The van der Waals surface area contributed by atoms with Gasteiger partial charge >= 0.3 is 6.18 Å². The quantitative estimate of drug-likeness (QED) is 0.869. The van der Waals surface area contributed by atoms with Crippen molar-refractivity contribution in [3.8, 4) is 11.4 Å². The Morgan fingerprint density at radius 1 is 1.35 bits per heavy atom. The van der Waals surface area contributed by atoms with Gasteiger partial charge in [0.1, 0.15) is 5.92 Å². The second-order valence-corrected chi connectivity index (χ2v) is 4.43. The van der Waals surface area contributed by atoms with Crippen LogP contribution in [0.4, 0.5) is 13.2 Å². The molecule has 0 fully saturated rings. The van der Waals surface area contributed by atoms with Crippen molar-refractivity contribution >= 4 is 17.4 Å². The number of ketones is 1. The number of rotatable bonds is 3. The molecule has 0 amide bonds. The van der Waals surface area contributed by atoms with Crippen molar-refractivity contribution in [2.24, 2.45) is 0 Å². The highest BCUT2D eigenvalue weighted by Gasteiger charge is 2.44. The fraction of sp³-hybridized carbons (Fsp3) is 0.250. The largest absolute Gasteiger partial charge is 0.450 e. The zero-order chi connectivity index (χ0) is 14.9. The zero-order valence-electron chi connectivity index (χ0n) is 10.1. The minimum Gasteiger partial charge on any atom is -0.338 e. The SMILES string of the molecule is CC(C(=O)C(F)(F)F)c1nc(-c2ccccc2Cl)no1. The third kappa shape index (κ3) is 2.82. The Bertz CT molecular complexity index is 640. The van der Waals surface area contributed by atoms with Crippen LogP contribution in [0.2, 0.25) is 5.02 Å². The summed E-state index contributed by atoms with van der Waals surface area (Å²) in [4.78, 5) is 14.9. The number of aromatic nitrogens is 2. The van der Waals surface area contributed by atoms with E-state index in [1.807, 2.05) is 0 Å². The number of benzene rings is 1. The van der Waals surface area contributed by atoms with Gasteiger partial charge in [-0.3, -0.25) is 4.79 Å². The van der Waals surface area contributed by atoms with Gasteiger partial charge in [-0.25, -0.2) is 0 Å². The minimum absolute atomic E-state index is 0.0347. The van der Waals surface area contributed by atoms with E-state index in [9.17, 15) is 18.0 Å². The molecule has 0 saturated carbocycles. The van der Waals surface area contributed by atoms with Gasteiger partial charge in [0.15, 0.2) is 0 Å². The topological polar surface area (TPSA) is 56.0 Å². The fourth-order valence-electron chi connectivity index (χ4n) is 1.52. The van der Waals surface area contributed by atoms with Crippen LogP contribution in [-0.4, -0.2) is 22.1 Å². The molecular weight excluding hydrogens is 297 g/mol. The normalized spacial score (nSPS) is 13.2.